The van der Waals surface area contributed by atoms with Gasteiger partial charge in [-0.1, -0.05) is 12.1 Å². The number of aryl methyl sites for hydroxylation is 1. The molecule has 6 nitrogen and oxygen atoms in total. The highest BCUT2D eigenvalue weighted by atomic mass is 32.2. The number of nitrogens with zero attached hydrogens (tertiary/aromatic N) is 3. The van der Waals surface area contributed by atoms with Crippen LogP contribution in [0.2, 0.25) is 0 Å². The van der Waals surface area contributed by atoms with Crippen LogP contribution >= 0.6 is 11.3 Å². The third kappa shape index (κ3) is 3.96. The number of rotatable bonds is 5. The lowest BCUT2D eigenvalue weighted by molar-refractivity contribution is -0.132. The number of hydrogen-bond acceptors (Lipinski definition) is 5. The summed E-state index contributed by atoms with van der Waals surface area (Å²) in [5, 5.41) is 13.2. The Balaban J connectivity index is 1.61. The molecule has 26 heavy (non-hydrogen) atoms. The van der Waals surface area contributed by atoms with Crippen molar-refractivity contribution in [2.75, 3.05) is 26.2 Å². The van der Waals surface area contributed by atoms with Crippen LogP contribution in [0.1, 0.15) is 17.5 Å². The summed E-state index contributed by atoms with van der Waals surface area (Å²) < 4.78 is 26.9. The zero-order valence-electron chi connectivity index (χ0n) is 14.2. The second-order valence-electron chi connectivity index (χ2n) is 6.02. The number of sulfonamides is 1. The average Bonchev–Trinajstić information content (AvgIpc) is 3.19. The van der Waals surface area contributed by atoms with Gasteiger partial charge < -0.3 is 4.90 Å². The third-order valence-corrected chi connectivity index (χ3v) is 7.11. The van der Waals surface area contributed by atoms with E-state index in [2.05, 4.69) is 0 Å². The van der Waals surface area contributed by atoms with Gasteiger partial charge in [0.1, 0.15) is 6.07 Å². The van der Waals surface area contributed by atoms with Gasteiger partial charge in [0.25, 0.3) is 0 Å². The molecule has 1 amide bonds. The van der Waals surface area contributed by atoms with E-state index >= 15 is 0 Å². The fourth-order valence-corrected chi connectivity index (χ4v) is 5.21. The molecular formula is C18H19N3O3S2. The van der Waals surface area contributed by atoms with E-state index < -0.39 is 10.0 Å². The lowest BCUT2D eigenvalue weighted by Gasteiger charge is -2.34. The highest BCUT2D eigenvalue weighted by Crippen LogP contribution is 2.21. The molecule has 1 aliphatic rings. The van der Waals surface area contributed by atoms with E-state index in [4.69, 9.17) is 5.26 Å². The van der Waals surface area contributed by atoms with Crippen LogP contribution in [-0.2, 0) is 21.2 Å². The van der Waals surface area contributed by atoms with Crippen molar-refractivity contribution in [1.82, 2.24) is 9.21 Å². The number of carbonyl (C=O) groups excluding carboxylic acids is 1. The molecule has 0 saturated carbocycles. The van der Waals surface area contributed by atoms with Crippen LogP contribution < -0.4 is 0 Å². The van der Waals surface area contributed by atoms with Crippen molar-refractivity contribution < 1.29 is 13.2 Å². The Kier molecular flexibility index (Phi) is 5.71. The van der Waals surface area contributed by atoms with Gasteiger partial charge in [-0.05, 0) is 40.9 Å². The molecule has 0 atom stereocenters. The Morgan fingerprint density at radius 1 is 1.15 bits per heavy atom. The SMILES string of the molecule is N#Cc1ccccc1S(=O)(=O)N1CCN(C(=O)CCc2ccsc2)CC1. The summed E-state index contributed by atoms with van der Waals surface area (Å²) in [5.41, 5.74) is 1.29. The number of benzene rings is 1. The quantitative estimate of drug-likeness (QED) is 0.784. The minimum absolute atomic E-state index is 0.0275. The standard InChI is InChI=1S/C18H19N3O3S2/c19-13-16-3-1-2-4-17(16)26(23,24)21-10-8-20(9-11-21)18(22)6-5-15-7-12-25-14-15/h1-4,7,12,14H,5-6,8-11H2. The van der Waals surface area contributed by atoms with E-state index in [1.807, 2.05) is 22.9 Å². The third-order valence-electron chi connectivity index (χ3n) is 4.42. The second-order valence-corrected chi connectivity index (χ2v) is 8.71. The van der Waals surface area contributed by atoms with E-state index in [1.165, 1.54) is 16.4 Å². The first-order chi connectivity index (χ1) is 12.5. The lowest BCUT2D eigenvalue weighted by atomic mass is 10.1. The van der Waals surface area contributed by atoms with Crippen LogP contribution in [0.5, 0.6) is 0 Å². The van der Waals surface area contributed by atoms with Gasteiger partial charge in [-0.3, -0.25) is 4.79 Å². The highest BCUT2D eigenvalue weighted by Gasteiger charge is 2.31. The van der Waals surface area contributed by atoms with Crippen molar-refractivity contribution in [3.05, 3.63) is 52.2 Å². The van der Waals surface area contributed by atoms with Crippen LogP contribution in [0.3, 0.4) is 0 Å². The van der Waals surface area contributed by atoms with E-state index in [9.17, 15) is 13.2 Å². The van der Waals surface area contributed by atoms with Gasteiger partial charge in [0.15, 0.2) is 0 Å². The number of piperazine rings is 1. The van der Waals surface area contributed by atoms with Crippen molar-refractivity contribution in [2.45, 2.75) is 17.7 Å². The van der Waals surface area contributed by atoms with E-state index in [0.29, 0.717) is 25.9 Å². The summed E-state index contributed by atoms with van der Waals surface area (Å²) in [6, 6.07) is 10.1. The monoisotopic (exact) mass is 389 g/mol. The molecule has 136 valence electrons. The number of nitriles is 1. The van der Waals surface area contributed by atoms with E-state index in [-0.39, 0.29) is 29.5 Å². The summed E-state index contributed by atoms with van der Waals surface area (Å²) in [6.45, 7) is 1.23. The number of hydrogen-bond donors (Lipinski definition) is 0. The van der Waals surface area contributed by atoms with Crippen LogP contribution in [0.15, 0.2) is 46.0 Å². The van der Waals surface area contributed by atoms with Crippen molar-refractivity contribution in [3.63, 3.8) is 0 Å². The molecule has 0 N–H and O–H groups in total. The maximum Gasteiger partial charge on any atom is 0.244 e. The molecule has 0 spiro atoms. The number of amides is 1. The second kappa shape index (κ2) is 7.99. The fourth-order valence-electron chi connectivity index (χ4n) is 2.95. The number of thiophene rings is 1. The highest BCUT2D eigenvalue weighted by molar-refractivity contribution is 7.89. The zero-order valence-corrected chi connectivity index (χ0v) is 15.8. The first-order valence-corrected chi connectivity index (χ1v) is 10.7. The fraction of sp³-hybridized carbons (Fsp3) is 0.333. The normalized spacial score (nSPS) is 15.6. The molecule has 1 fully saturated rings. The molecule has 1 aromatic heterocycles. The van der Waals surface area contributed by atoms with Gasteiger partial charge >= 0.3 is 0 Å². The zero-order chi connectivity index (χ0) is 18.6. The van der Waals surface area contributed by atoms with E-state index in [0.717, 1.165) is 5.56 Å². The molecule has 2 heterocycles. The van der Waals surface area contributed by atoms with E-state index in [1.54, 1.807) is 28.4 Å². The topological polar surface area (TPSA) is 81.5 Å². The number of carbonyl (C=O) groups is 1. The van der Waals surface area contributed by atoms with Crippen LogP contribution in [0, 0.1) is 11.3 Å². The molecule has 1 aliphatic heterocycles. The maximum absolute atomic E-state index is 12.8. The molecule has 2 aromatic rings. The lowest BCUT2D eigenvalue weighted by Crippen LogP contribution is -2.50. The Morgan fingerprint density at radius 3 is 2.54 bits per heavy atom. The van der Waals surface area contributed by atoms with Crippen LogP contribution in [0.25, 0.3) is 0 Å². The Morgan fingerprint density at radius 2 is 1.88 bits per heavy atom. The molecule has 0 radical (unpaired) electrons. The summed E-state index contributed by atoms with van der Waals surface area (Å²) in [7, 11) is -3.73. The molecule has 1 saturated heterocycles. The summed E-state index contributed by atoms with van der Waals surface area (Å²) in [6.07, 6.45) is 1.14. The minimum Gasteiger partial charge on any atom is -0.340 e. The predicted octanol–water partition coefficient (Wildman–Crippen LogP) is 2.09. The average molecular weight is 390 g/mol. The molecule has 8 heteroatoms. The van der Waals surface area contributed by atoms with Gasteiger partial charge in [-0.2, -0.15) is 20.9 Å². The molecule has 0 aliphatic carbocycles. The van der Waals surface area contributed by atoms with Gasteiger partial charge in [0.05, 0.1) is 10.5 Å². The molecule has 0 bridgehead atoms. The van der Waals surface area contributed by atoms with Crippen molar-refractivity contribution >= 4 is 27.3 Å². The Bertz CT molecular complexity index is 909. The Labute approximate surface area is 157 Å². The Hall–Kier alpha value is -2.21. The minimum atomic E-state index is -3.73. The van der Waals surface area contributed by atoms with Crippen molar-refractivity contribution in [3.8, 4) is 6.07 Å². The van der Waals surface area contributed by atoms with Gasteiger partial charge in [-0.15, -0.1) is 0 Å². The van der Waals surface area contributed by atoms with Gasteiger partial charge in [0.2, 0.25) is 15.9 Å². The van der Waals surface area contributed by atoms with Crippen LogP contribution in [-0.4, -0.2) is 49.7 Å². The molecule has 0 unspecified atom stereocenters. The first kappa shape index (κ1) is 18.6. The smallest absolute Gasteiger partial charge is 0.244 e. The first-order valence-electron chi connectivity index (χ1n) is 8.30. The largest absolute Gasteiger partial charge is 0.340 e. The van der Waals surface area contributed by atoms with Gasteiger partial charge in [-0.25, -0.2) is 8.42 Å². The van der Waals surface area contributed by atoms with Crippen LogP contribution in [0.4, 0.5) is 0 Å². The summed E-state index contributed by atoms with van der Waals surface area (Å²) in [4.78, 5) is 14.1. The summed E-state index contributed by atoms with van der Waals surface area (Å²) >= 11 is 1.61. The summed E-state index contributed by atoms with van der Waals surface area (Å²) in [5.74, 6) is 0.0469. The molecule has 1 aromatic carbocycles. The van der Waals surface area contributed by atoms with Crippen molar-refractivity contribution in [1.29, 1.82) is 5.26 Å². The molecule has 3 rings (SSSR count). The van der Waals surface area contributed by atoms with Gasteiger partial charge in [0, 0.05) is 32.6 Å². The van der Waals surface area contributed by atoms with Crippen molar-refractivity contribution in [2.24, 2.45) is 0 Å². The maximum atomic E-state index is 12.8. The predicted molar refractivity (Wildman–Crippen MR) is 99.1 cm³/mol. The molecular weight excluding hydrogens is 370 g/mol.